The normalized spacial score (nSPS) is 20.1. The van der Waals surface area contributed by atoms with Crippen molar-refractivity contribution in [2.24, 2.45) is 11.0 Å². The first-order chi connectivity index (χ1) is 12.7. The Labute approximate surface area is 163 Å². The minimum Gasteiger partial charge on any atom is -0.290 e. The molecule has 7 heteroatoms. The number of amidine groups is 1. The van der Waals surface area contributed by atoms with Crippen molar-refractivity contribution in [2.75, 3.05) is 6.54 Å². The van der Waals surface area contributed by atoms with Crippen LogP contribution in [0.5, 0.6) is 0 Å². The number of alkyl halides is 2. The Morgan fingerprint density at radius 3 is 2.59 bits per heavy atom. The molecule has 27 heavy (non-hydrogen) atoms. The summed E-state index contributed by atoms with van der Waals surface area (Å²) in [6.45, 7) is 10.6. The largest absolute Gasteiger partial charge is 0.290 e. The molecular formula is C20H25F2N3OS. The van der Waals surface area contributed by atoms with Gasteiger partial charge in [-0.3, -0.25) is 14.7 Å². The number of nitrogens with zero attached hydrogens (tertiary/aromatic N) is 3. The maximum absolute atomic E-state index is 13.2. The summed E-state index contributed by atoms with van der Waals surface area (Å²) in [5.74, 6) is -1.60. The third kappa shape index (κ3) is 3.61. The van der Waals surface area contributed by atoms with Crippen LogP contribution in [0.25, 0.3) is 0 Å². The summed E-state index contributed by atoms with van der Waals surface area (Å²) in [4.78, 5) is 15.4. The zero-order chi connectivity index (χ0) is 19.9. The van der Waals surface area contributed by atoms with E-state index in [1.807, 2.05) is 18.9 Å². The van der Waals surface area contributed by atoms with Crippen molar-refractivity contribution in [3.8, 4) is 0 Å². The lowest BCUT2D eigenvalue weighted by Gasteiger charge is -2.34. The molecule has 146 valence electrons. The third-order valence-electron chi connectivity index (χ3n) is 5.05. The van der Waals surface area contributed by atoms with Gasteiger partial charge in [-0.25, -0.2) is 0 Å². The van der Waals surface area contributed by atoms with Gasteiger partial charge in [0.05, 0.1) is 6.04 Å². The minimum atomic E-state index is -2.46. The van der Waals surface area contributed by atoms with E-state index in [2.05, 4.69) is 20.8 Å². The predicted octanol–water partition coefficient (Wildman–Crippen LogP) is 4.84. The number of hydrogen-bond donors (Lipinski definition) is 0. The molecule has 1 aromatic rings. The van der Waals surface area contributed by atoms with E-state index < -0.39 is 5.76 Å². The van der Waals surface area contributed by atoms with Crippen molar-refractivity contribution in [2.45, 2.75) is 57.7 Å². The first-order valence-corrected chi connectivity index (χ1v) is 10.1. The van der Waals surface area contributed by atoms with E-state index in [-0.39, 0.29) is 11.9 Å². The monoisotopic (exact) mass is 393 g/mol. The Morgan fingerprint density at radius 2 is 2.04 bits per heavy atom. The number of aryl methyl sites for hydroxylation is 1. The Hall–Kier alpha value is -1.89. The summed E-state index contributed by atoms with van der Waals surface area (Å²) in [6.07, 6.45) is 0.829. The highest BCUT2D eigenvalue weighted by molar-refractivity contribution is 7.99. The highest BCUT2D eigenvalue weighted by Gasteiger charge is 2.41. The summed E-state index contributed by atoms with van der Waals surface area (Å²) in [5, 5.41) is 6.67. The number of carbonyl (C=O) groups is 1. The van der Waals surface area contributed by atoms with Crippen molar-refractivity contribution in [3.05, 3.63) is 40.6 Å². The molecule has 2 aliphatic rings. The van der Waals surface area contributed by atoms with Gasteiger partial charge in [-0.2, -0.15) is 13.9 Å². The number of rotatable bonds is 5. The molecule has 0 N–H and O–H groups in total. The molecule has 1 amide bonds. The summed E-state index contributed by atoms with van der Waals surface area (Å²) in [5.41, 5.74) is 3.47. The van der Waals surface area contributed by atoms with Crippen LogP contribution in [-0.2, 0) is 4.79 Å². The summed E-state index contributed by atoms with van der Waals surface area (Å²) >= 11 is 0.523. The molecular weight excluding hydrogens is 368 g/mol. The van der Waals surface area contributed by atoms with E-state index in [0.717, 1.165) is 23.1 Å². The van der Waals surface area contributed by atoms with Gasteiger partial charge >= 0.3 is 0 Å². The van der Waals surface area contributed by atoms with Crippen molar-refractivity contribution >= 4 is 23.5 Å². The van der Waals surface area contributed by atoms with Crippen LogP contribution in [0.4, 0.5) is 8.78 Å². The van der Waals surface area contributed by atoms with Crippen molar-refractivity contribution in [1.82, 2.24) is 9.91 Å². The van der Waals surface area contributed by atoms with Crippen LogP contribution in [-0.4, -0.2) is 40.0 Å². The van der Waals surface area contributed by atoms with Gasteiger partial charge in [0.25, 0.3) is 11.7 Å². The lowest BCUT2D eigenvalue weighted by atomic mass is 9.98. The minimum absolute atomic E-state index is 0.0269. The van der Waals surface area contributed by atoms with E-state index in [1.54, 1.807) is 23.1 Å². The van der Waals surface area contributed by atoms with Gasteiger partial charge in [0.2, 0.25) is 0 Å². The molecule has 0 bridgehead atoms. The Balaban J connectivity index is 2.07. The molecule has 0 aliphatic carbocycles. The molecule has 0 fully saturated rings. The SMILES string of the molecule is CCN1C(=O)C2=C(C(C)C)CC(C)N2N=C1c1ccc(SC(F)F)cc1C. The number of carbonyl (C=O) groups excluding carboxylic acids is 1. The molecule has 0 radical (unpaired) electrons. The van der Waals surface area contributed by atoms with Crippen LogP contribution in [0.15, 0.2) is 39.5 Å². The average molecular weight is 394 g/mol. The first kappa shape index (κ1) is 19.9. The third-order valence-corrected chi connectivity index (χ3v) is 5.75. The molecule has 3 rings (SSSR count). The van der Waals surface area contributed by atoms with Crippen LogP contribution in [0.3, 0.4) is 0 Å². The maximum Gasteiger partial charge on any atom is 0.288 e. The van der Waals surface area contributed by atoms with E-state index in [9.17, 15) is 13.6 Å². The summed E-state index contributed by atoms with van der Waals surface area (Å²) in [6, 6.07) is 5.31. The van der Waals surface area contributed by atoms with E-state index >= 15 is 0 Å². The fourth-order valence-electron chi connectivity index (χ4n) is 3.70. The summed E-state index contributed by atoms with van der Waals surface area (Å²) < 4.78 is 25.3. The summed E-state index contributed by atoms with van der Waals surface area (Å²) in [7, 11) is 0. The van der Waals surface area contributed by atoms with E-state index in [0.29, 0.717) is 40.7 Å². The highest BCUT2D eigenvalue weighted by Crippen LogP contribution is 2.38. The number of fused-ring (bicyclic) bond motifs is 1. The number of benzene rings is 1. The number of likely N-dealkylation sites (N-methyl/N-ethyl adjacent to an activating group) is 1. The second kappa shape index (κ2) is 7.62. The Morgan fingerprint density at radius 1 is 1.33 bits per heavy atom. The van der Waals surface area contributed by atoms with Crippen molar-refractivity contribution < 1.29 is 13.6 Å². The molecule has 0 saturated carbocycles. The number of halogens is 2. The molecule has 0 aromatic heterocycles. The van der Waals surface area contributed by atoms with Gasteiger partial charge in [-0.05, 0) is 62.4 Å². The lowest BCUT2D eigenvalue weighted by molar-refractivity contribution is -0.126. The van der Waals surface area contributed by atoms with Crippen molar-refractivity contribution in [3.63, 3.8) is 0 Å². The van der Waals surface area contributed by atoms with E-state index in [4.69, 9.17) is 5.10 Å². The zero-order valence-corrected chi connectivity index (χ0v) is 17.1. The molecule has 1 aromatic carbocycles. The van der Waals surface area contributed by atoms with Gasteiger partial charge in [-0.1, -0.05) is 25.6 Å². The molecule has 1 unspecified atom stereocenters. The fourth-order valence-corrected chi connectivity index (χ4v) is 4.30. The maximum atomic E-state index is 13.2. The molecule has 2 aliphatic heterocycles. The second-order valence-corrected chi connectivity index (χ2v) is 8.32. The van der Waals surface area contributed by atoms with Crippen molar-refractivity contribution in [1.29, 1.82) is 0 Å². The van der Waals surface area contributed by atoms with Crippen LogP contribution in [0, 0.1) is 12.8 Å². The number of amides is 1. The Kier molecular flexibility index (Phi) is 5.60. The highest BCUT2D eigenvalue weighted by atomic mass is 32.2. The zero-order valence-electron chi connectivity index (χ0n) is 16.3. The quantitative estimate of drug-likeness (QED) is 0.672. The lowest BCUT2D eigenvalue weighted by Crippen LogP contribution is -2.47. The first-order valence-electron chi connectivity index (χ1n) is 9.23. The van der Waals surface area contributed by atoms with Crippen LogP contribution >= 0.6 is 11.8 Å². The second-order valence-electron chi connectivity index (χ2n) is 7.25. The van der Waals surface area contributed by atoms with Gasteiger partial charge in [0, 0.05) is 17.0 Å². The van der Waals surface area contributed by atoms with Gasteiger partial charge in [0.1, 0.15) is 5.70 Å². The average Bonchev–Trinajstić information content (AvgIpc) is 2.92. The van der Waals surface area contributed by atoms with Crippen LogP contribution in [0.2, 0.25) is 0 Å². The van der Waals surface area contributed by atoms with Gasteiger partial charge in [-0.15, -0.1) is 0 Å². The molecule has 0 spiro atoms. The standard InChI is InChI=1S/C20H25F2N3OS/c1-6-24-18(15-8-7-14(9-12(15)4)27-20(21)22)23-25-13(5)10-16(11(2)3)17(25)19(24)26/h7-9,11,13,20H,6,10H2,1-5H3. The fraction of sp³-hybridized carbons (Fsp3) is 0.500. The van der Waals surface area contributed by atoms with Gasteiger partial charge in [0.15, 0.2) is 5.84 Å². The number of thioether (sulfide) groups is 1. The molecule has 0 saturated heterocycles. The molecule has 1 atom stereocenters. The van der Waals surface area contributed by atoms with Crippen LogP contribution < -0.4 is 0 Å². The number of hydrazone groups is 1. The Bertz CT molecular complexity index is 819. The predicted molar refractivity (Wildman–Crippen MR) is 105 cm³/mol. The van der Waals surface area contributed by atoms with Gasteiger partial charge < -0.3 is 0 Å². The number of hydrogen-bond acceptors (Lipinski definition) is 4. The topological polar surface area (TPSA) is 35.9 Å². The van der Waals surface area contributed by atoms with E-state index in [1.165, 1.54) is 0 Å². The molecule has 2 heterocycles. The molecule has 4 nitrogen and oxygen atoms in total. The van der Waals surface area contributed by atoms with Crippen LogP contribution in [0.1, 0.15) is 45.2 Å². The smallest absolute Gasteiger partial charge is 0.288 e.